The van der Waals surface area contributed by atoms with E-state index in [1.54, 1.807) is 6.07 Å². The first kappa shape index (κ1) is 19.0. The zero-order valence-corrected chi connectivity index (χ0v) is 16.2. The number of rotatable bonds is 5. The van der Waals surface area contributed by atoms with Crippen molar-refractivity contribution in [1.29, 1.82) is 0 Å². The molecule has 1 aliphatic rings. The third kappa shape index (κ3) is 3.37. The Hall–Kier alpha value is -1.35. The summed E-state index contributed by atoms with van der Waals surface area (Å²) >= 11 is 0. The molecule has 1 atom stereocenters. The van der Waals surface area contributed by atoms with Gasteiger partial charge in [-0.15, -0.1) is 0 Å². The fourth-order valence-electron chi connectivity index (χ4n) is 3.29. The molecule has 1 aromatic carbocycles. The summed E-state index contributed by atoms with van der Waals surface area (Å²) in [5, 5.41) is 9.40. The van der Waals surface area contributed by atoms with Crippen LogP contribution < -0.4 is 0 Å². The second kappa shape index (κ2) is 6.18. The highest BCUT2D eigenvalue weighted by atomic mass is 16.5. The van der Waals surface area contributed by atoms with Crippen molar-refractivity contribution in [2.24, 2.45) is 11.3 Å². The zero-order valence-electron chi connectivity index (χ0n) is 16.2. The Bertz CT molecular complexity index is 620. The Balaban J connectivity index is 2.53. The smallest absolute Gasteiger partial charge is 0.335 e. The van der Waals surface area contributed by atoms with Gasteiger partial charge in [0.25, 0.3) is 0 Å². The van der Waals surface area contributed by atoms with Crippen molar-refractivity contribution in [3.05, 3.63) is 34.9 Å². The minimum absolute atomic E-state index is 0.0175. The molecule has 0 heterocycles. The van der Waals surface area contributed by atoms with Crippen molar-refractivity contribution in [2.75, 3.05) is 0 Å². The standard InChI is InChI=1S/C21H32O3/c1-14-11-12-15(18(22)23)13-17(14)21(7,16-9-8-10-16)24-20(5,6)19(2,3)4/h11-13,16H,8-10H2,1-7H3,(H,22,23). The maximum Gasteiger partial charge on any atom is 0.335 e. The van der Waals surface area contributed by atoms with Gasteiger partial charge in [-0.2, -0.15) is 0 Å². The van der Waals surface area contributed by atoms with Gasteiger partial charge >= 0.3 is 5.97 Å². The first-order valence-corrected chi connectivity index (χ1v) is 8.93. The third-order valence-electron chi connectivity index (χ3n) is 6.18. The second-order valence-corrected chi connectivity index (χ2v) is 8.93. The molecule has 0 aliphatic heterocycles. The third-order valence-corrected chi connectivity index (χ3v) is 6.18. The molecule has 0 radical (unpaired) electrons. The Labute approximate surface area is 146 Å². The van der Waals surface area contributed by atoms with E-state index in [0.717, 1.165) is 24.0 Å². The monoisotopic (exact) mass is 332 g/mol. The molecular formula is C21H32O3. The molecule has 1 unspecified atom stereocenters. The number of carbonyl (C=O) groups is 1. The molecule has 1 aliphatic carbocycles. The Morgan fingerprint density at radius 3 is 2.12 bits per heavy atom. The molecule has 3 heteroatoms. The lowest BCUT2D eigenvalue weighted by molar-refractivity contribution is -0.214. The van der Waals surface area contributed by atoms with Gasteiger partial charge in [-0.1, -0.05) is 33.3 Å². The van der Waals surface area contributed by atoms with Gasteiger partial charge in [0.2, 0.25) is 0 Å². The number of aromatic carboxylic acids is 1. The molecule has 0 aromatic heterocycles. The van der Waals surface area contributed by atoms with E-state index in [1.807, 2.05) is 19.1 Å². The van der Waals surface area contributed by atoms with E-state index < -0.39 is 11.6 Å². The fraction of sp³-hybridized carbons (Fsp3) is 0.667. The normalized spacial score (nSPS) is 18.8. The molecule has 0 bridgehead atoms. The van der Waals surface area contributed by atoms with Gasteiger partial charge in [0.15, 0.2) is 0 Å². The SMILES string of the molecule is Cc1ccc(C(=O)O)cc1C(C)(OC(C)(C)C(C)(C)C)C1CCC1. The molecule has 1 fully saturated rings. The van der Waals surface area contributed by atoms with E-state index in [0.29, 0.717) is 11.5 Å². The number of carboxylic acids is 1. The number of hydrogen-bond acceptors (Lipinski definition) is 2. The number of benzene rings is 1. The van der Waals surface area contributed by atoms with Crippen LogP contribution in [0.4, 0.5) is 0 Å². The van der Waals surface area contributed by atoms with Crippen LogP contribution in [0.3, 0.4) is 0 Å². The molecule has 24 heavy (non-hydrogen) atoms. The summed E-state index contributed by atoms with van der Waals surface area (Å²) in [4.78, 5) is 11.4. The van der Waals surface area contributed by atoms with Crippen LogP contribution in [0, 0.1) is 18.3 Å². The van der Waals surface area contributed by atoms with Crippen LogP contribution in [0.1, 0.15) is 82.3 Å². The maximum atomic E-state index is 11.4. The topological polar surface area (TPSA) is 46.5 Å². The molecule has 1 aromatic rings. The van der Waals surface area contributed by atoms with Gasteiger partial charge in [0.05, 0.1) is 16.8 Å². The molecule has 0 amide bonds. The van der Waals surface area contributed by atoms with Crippen molar-refractivity contribution in [1.82, 2.24) is 0 Å². The molecule has 1 saturated carbocycles. The second-order valence-electron chi connectivity index (χ2n) is 8.93. The van der Waals surface area contributed by atoms with Crippen molar-refractivity contribution in [3.63, 3.8) is 0 Å². The van der Waals surface area contributed by atoms with Crippen LogP contribution in [0.15, 0.2) is 18.2 Å². The van der Waals surface area contributed by atoms with Crippen LogP contribution >= 0.6 is 0 Å². The van der Waals surface area contributed by atoms with Gasteiger partial charge in [0.1, 0.15) is 0 Å². The summed E-state index contributed by atoms with van der Waals surface area (Å²) in [6.07, 6.45) is 3.48. The first-order chi connectivity index (χ1) is 10.9. The molecule has 0 saturated heterocycles. The highest BCUT2D eigenvalue weighted by Gasteiger charge is 2.47. The van der Waals surface area contributed by atoms with E-state index in [4.69, 9.17) is 4.74 Å². The lowest BCUT2D eigenvalue weighted by atomic mass is 9.68. The summed E-state index contributed by atoms with van der Waals surface area (Å²) in [6.45, 7) is 15.0. The lowest BCUT2D eigenvalue weighted by Gasteiger charge is -2.51. The van der Waals surface area contributed by atoms with Crippen LogP contribution in [0.2, 0.25) is 0 Å². The van der Waals surface area contributed by atoms with Crippen LogP contribution in [0.25, 0.3) is 0 Å². The van der Waals surface area contributed by atoms with Crippen molar-refractivity contribution in [2.45, 2.75) is 78.9 Å². The Kier molecular flexibility index (Phi) is 4.89. The molecule has 1 N–H and O–H groups in total. The van der Waals surface area contributed by atoms with Gasteiger partial charge in [0, 0.05) is 0 Å². The quantitative estimate of drug-likeness (QED) is 0.769. The van der Waals surface area contributed by atoms with E-state index in [2.05, 4.69) is 41.5 Å². The van der Waals surface area contributed by atoms with Gasteiger partial charge < -0.3 is 9.84 Å². The minimum atomic E-state index is -0.887. The lowest BCUT2D eigenvalue weighted by Crippen LogP contribution is -2.50. The average molecular weight is 332 g/mol. The first-order valence-electron chi connectivity index (χ1n) is 8.93. The van der Waals surface area contributed by atoms with Gasteiger partial charge in [-0.05, 0) is 75.1 Å². The Morgan fingerprint density at radius 1 is 1.12 bits per heavy atom. The van der Waals surface area contributed by atoms with Crippen LogP contribution in [0.5, 0.6) is 0 Å². The highest BCUT2D eigenvalue weighted by Crippen LogP contribution is 2.50. The average Bonchev–Trinajstić information content (AvgIpc) is 2.34. The van der Waals surface area contributed by atoms with Crippen molar-refractivity contribution in [3.8, 4) is 0 Å². The molecule has 2 rings (SSSR count). The summed E-state index contributed by atoms with van der Waals surface area (Å²) in [7, 11) is 0. The predicted octanol–water partition coefficient (Wildman–Crippen LogP) is 5.55. The minimum Gasteiger partial charge on any atom is -0.478 e. The predicted molar refractivity (Wildman–Crippen MR) is 97.5 cm³/mol. The van der Waals surface area contributed by atoms with E-state index in [1.165, 1.54) is 6.42 Å². The molecule has 134 valence electrons. The summed E-state index contributed by atoms with van der Waals surface area (Å²) in [6, 6.07) is 5.40. The van der Waals surface area contributed by atoms with Gasteiger partial charge in [-0.25, -0.2) is 4.79 Å². The van der Waals surface area contributed by atoms with Crippen LogP contribution in [-0.4, -0.2) is 16.7 Å². The van der Waals surface area contributed by atoms with Crippen molar-refractivity contribution >= 4 is 5.97 Å². The molecule has 0 spiro atoms. The molecular weight excluding hydrogens is 300 g/mol. The number of ether oxygens (including phenoxy) is 1. The zero-order chi connectivity index (χ0) is 18.3. The molecule has 3 nitrogen and oxygen atoms in total. The highest BCUT2D eigenvalue weighted by molar-refractivity contribution is 5.88. The number of aryl methyl sites for hydroxylation is 1. The fourth-order valence-corrected chi connectivity index (χ4v) is 3.29. The summed E-state index contributed by atoms with van der Waals surface area (Å²) in [5.74, 6) is -0.454. The summed E-state index contributed by atoms with van der Waals surface area (Å²) < 4.78 is 6.80. The maximum absolute atomic E-state index is 11.4. The summed E-state index contributed by atoms with van der Waals surface area (Å²) in [5.41, 5.74) is 1.63. The van der Waals surface area contributed by atoms with E-state index in [9.17, 15) is 9.90 Å². The van der Waals surface area contributed by atoms with E-state index >= 15 is 0 Å². The van der Waals surface area contributed by atoms with E-state index in [-0.39, 0.29) is 11.0 Å². The number of hydrogen-bond donors (Lipinski definition) is 1. The van der Waals surface area contributed by atoms with Crippen molar-refractivity contribution < 1.29 is 14.6 Å². The Morgan fingerprint density at radius 2 is 1.71 bits per heavy atom. The van der Waals surface area contributed by atoms with Gasteiger partial charge in [-0.3, -0.25) is 0 Å². The number of carboxylic acid groups (broad SMARTS) is 1. The van der Waals surface area contributed by atoms with Crippen LogP contribution in [-0.2, 0) is 10.3 Å². The largest absolute Gasteiger partial charge is 0.478 e.